The SMILES string of the molecule is CC(=O)Nc1c2n(c3ccc(F)cc13)CC(C)(C(=O)NCCC(C)C)N(Cc1ccc(F)cc1)C2=O. The minimum Gasteiger partial charge on any atom is -0.354 e. The zero-order valence-corrected chi connectivity index (χ0v) is 20.8. The molecular formula is C27H30F2N4O3. The lowest BCUT2D eigenvalue weighted by atomic mass is 9.93. The molecular weight excluding hydrogens is 466 g/mol. The van der Waals surface area contributed by atoms with Crippen LogP contribution in [0.15, 0.2) is 42.5 Å². The molecule has 2 heterocycles. The van der Waals surface area contributed by atoms with Crippen molar-refractivity contribution in [1.82, 2.24) is 14.8 Å². The second-order valence-electron chi connectivity index (χ2n) is 9.88. The van der Waals surface area contributed by atoms with Crippen molar-refractivity contribution in [1.29, 1.82) is 0 Å². The molecule has 3 amide bonds. The minimum atomic E-state index is -1.30. The van der Waals surface area contributed by atoms with Gasteiger partial charge in [-0.15, -0.1) is 0 Å². The molecule has 0 aliphatic carbocycles. The Kier molecular flexibility index (Phi) is 6.84. The van der Waals surface area contributed by atoms with E-state index in [2.05, 4.69) is 24.5 Å². The molecule has 7 nitrogen and oxygen atoms in total. The highest BCUT2D eigenvalue weighted by Gasteiger charge is 2.49. The number of halogens is 2. The first-order chi connectivity index (χ1) is 17.0. The Bertz CT molecular complexity index is 1330. The number of hydrogen-bond acceptors (Lipinski definition) is 3. The minimum absolute atomic E-state index is 0.0443. The molecule has 9 heteroatoms. The Morgan fingerprint density at radius 2 is 1.75 bits per heavy atom. The van der Waals surface area contributed by atoms with E-state index in [0.29, 0.717) is 28.9 Å². The van der Waals surface area contributed by atoms with Crippen LogP contribution >= 0.6 is 0 Å². The van der Waals surface area contributed by atoms with Crippen LogP contribution in [0, 0.1) is 17.6 Å². The third-order valence-electron chi connectivity index (χ3n) is 6.59. The van der Waals surface area contributed by atoms with E-state index in [1.54, 1.807) is 29.7 Å². The molecule has 0 spiro atoms. The van der Waals surface area contributed by atoms with Crippen molar-refractivity contribution in [3.05, 3.63) is 65.4 Å². The fraction of sp³-hybridized carbons (Fsp3) is 0.370. The first-order valence-corrected chi connectivity index (χ1v) is 12.0. The van der Waals surface area contributed by atoms with Gasteiger partial charge in [-0.2, -0.15) is 0 Å². The lowest BCUT2D eigenvalue weighted by molar-refractivity contribution is -0.133. The summed E-state index contributed by atoms with van der Waals surface area (Å²) in [7, 11) is 0. The third kappa shape index (κ3) is 4.69. The molecule has 1 aliphatic rings. The quantitative estimate of drug-likeness (QED) is 0.507. The molecule has 36 heavy (non-hydrogen) atoms. The zero-order valence-electron chi connectivity index (χ0n) is 20.8. The van der Waals surface area contributed by atoms with Crippen LogP contribution in [-0.2, 0) is 22.7 Å². The molecule has 0 saturated carbocycles. The zero-order chi connectivity index (χ0) is 26.2. The molecule has 190 valence electrons. The maximum atomic E-state index is 14.2. The predicted molar refractivity (Wildman–Crippen MR) is 133 cm³/mol. The summed E-state index contributed by atoms with van der Waals surface area (Å²) in [6, 6.07) is 9.81. The lowest BCUT2D eigenvalue weighted by Gasteiger charge is -2.44. The number of aromatic nitrogens is 1. The molecule has 2 N–H and O–H groups in total. The summed E-state index contributed by atoms with van der Waals surface area (Å²) in [6.07, 6.45) is 0.775. The Morgan fingerprint density at radius 3 is 2.39 bits per heavy atom. The number of fused-ring (bicyclic) bond motifs is 3. The third-order valence-corrected chi connectivity index (χ3v) is 6.59. The standard InChI is InChI=1S/C27H30F2N4O3/c1-16(2)11-12-30-26(36)27(4)15-32-22-10-9-20(29)13-21(22)23(31-17(3)34)24(32)25(35)33(27)14-18-5-7-19(28)8-6-18/h5-10,13,16H,11-12,14-15H2,1-4H3,(H,30,36)(H,31,34). The summed E-state index contributed by atoms with van der Waals surface area (Å²) in [5.41, 5.74) is 0.242. The number of nitrogens with one attached hydrogen (secondary N) is 2. The van der Waals surface area contributed by atoms with Gasteiger partial charge in [0, 0.05) is 25.4 Å². The topological polar surface area (TPSA) is 83.4 Å². The highest BCUT2D eigenvalue weighted by Crippen LogP contribution is 2.39. The lowest BCUT2D eigenvalue weighted by Crippen LogP contribution is -2.63. The molecule has 4 rings (SSSR count). The summed E-state index contributed by atoms with van der Waals surface area (Å²) in [5.74, 6) is -1.76. The molecule has 1 aliphatic heterocycles. The van der Waals surface area contributed by atoms with E-state index in [-0.39, 0.29) is 30.4 Å². The van der Waals surface area contributed by atoms with Crippen molar-refractivity contribution in [3.63, 3.8) is 0 Å². The van der Waals surface area contributed by atoms with Crippen molar-refractivity contribution in [2.45, 2.75) is 52.7 Å². The Morgan fingerprint density at radius 1 is 1.08 bits per heavy atom. The second kappa shape index (κ2) is 9.72. The van der Waals surface area contributed by atoms with E-state index in [0.717, 1.165) is 6.42 Å². The molecule has 0 fully saturated rings. The van der Waals surface area contributed by atoms with E-state index in [1.165, 1.54) is 36.1 Å². The van der Waals surface area contributed by atoms with Crippen LogP contribution in [0.5, 0.6) is 0 Å². The number of rotatable bonds is 7. The summed E-state index contributed by atoms with van der Waals surface area (Å²) >= 11 is 0. The number of carbonyl (C=O) groups is 3. The van der Waals surface area contributed by atoms with Crippen LogP contribution in [0.25, 0.3) is 10.9 Å². The van der Waals surface area contributed by atoms with Gasteiger partial charge in [0.25, 0.3) is 5.91 Å². The van der Waals surface area contributed by atoms with Crippen LogP contribution in [-0.4, -0.2) is 39.3 Å². The molecule has 0 bridgehead atoms. The highest BCUT2D eigenvalue weighted by atomic mass is 19.1. The molecule has 0 saturated heterocycles. The van der Waals surface area contributed by atoms with Gasteiger partial charge < -0.3 is 20.1 Å². The van der Waals surface area contributed by atoms with Crippen molar-refractivity contribution in [2.24, 2.45) is 5.92 Å². The van der Waals surface area contributed by atoms with Crippen molar-refractivity contribution in [3.8, 4) is 0 Å². The smallest absolute Gasteiger partial charge is 0.273 e. The number of hydrogen-bond donors (Lipinski definition) is 2. The summed E-state index contributed by atoms with van der Waals surface area (Å²) in [5, 5.41) is 6.02. The van der Waals surface area contributed by atoms with Crippen molar-refractivity contribution < 1.29 is 23.2 Å². The highest BCUT2D eigenvalue weighted by molar-refractivity contribution is 6.14. The van der Waals surface area contributed by atoms with Gasteiger partial charge in [0.1, 0.15) is 22.9 Å². The average molecular weight is 497 g/mol. The van der Waals surface area contributed by atoms with Gasteiger partial charge in [-0.1, -0.05) is 26.0 Å². The molecule has 1 aromatic heterocycles. The van der Waals surface area contributed by atoms with Gasteiger partial charge in [0.15, 0.2) is 0 Å². The maximum Gasteiger partial charge on any atom is 0.273 e. The number of nitrogens with zero attached hydrogens (tertiary/aromatic N) is 2. The summed E-state index contributed by atoms with van der Waals surface area (Å²) in [4.78, 5) is 41.1. The van der Waals surface area contributed by atoms with Crippen molar-refractivity contribution in [2.75, 3.05) is 11.9 Å². The number of benzene rings is 2. The maximum absolute atomic E-state index is 14.2. The van der Waals surface area contributed by atoms with Gasteiger partial charge in [-0.25, -0.2) is 8.78 Å². The fourth-order valence-corrected chi connectivity index (χ4v) is 4.64. The molecule has 1 atom stereocenters. The molecule has 0 radical (unpaired) electrons. The monoisotopic (exact) mass is 496 g/mol. The van der Waals surface area contributed by atoms with E-state index in [4.69, 9.17) is 0 Å². The van der Waals surface area contributed by atoms with Crippen LogP contribution in [0.4, 0.5) is 14.5 Å². The Labute approximate surface area is 208 Å². The number of anilines is 1. The Hall–Kier alpha value is -3.75. The normalized spacial score (nSPS) is 17.4. The van der Waals surface area contributed by atoms with Crippen molar-refractivity contribution >= 4 is 34.3 Å². The van der Waals surface area contributed by atoms with Crippen LogP contribution < -0.4 is 10.6 Å². The second-order valence-corrected chi connectivity index (χ2v) is 9.88. The van der Waals surface area contributed by atoms with Gasteiger partial charge in [0.2, 0.25) is 11.8 Å². The largest absolute Gasteiger partial charge is 0.354 e. The summed E-state index contributed by atoms with van der Waals surface area (Å²) < 4.78 is 29.4. The fourth-order valence-electron chi connectivity index (χ4n) is 4.64. The molecule has 2 aromatic carbocycles. The first kappa shape index (κ1) is 25.3. The van der Waals surface area contributed by atoms with Gasteiger partial charge in [-0.05, 0) is 55.2 Å². The van der Waals surface area contributed by atoms with Crippen LogP contribution in [0.1, 0.15) is 50.2 Å². The summed E-state index contributed by atoms with van der Waals surface area (Å²) in [6.45, 7) is 7.69. The number of amides is 3. The van der Waals surface area contributed by atoms with Crippen LogP contribution in [0.2, 0.25) is 0 Å². The predicted octanol–water partition coefficient (Wildman–Crippen LogP) is 4.45. The van der Waals surface area contributed by atoms with E-state index in [9.17, 15) is 23.2 Å². The molecule has 3 aromatic rings. The van der Waals surface area contributed by atoms with Gasteiger partial charge in [-0.3, -0.25) is 14.4 Å². The number of carbonyl (C=O) groups excluding carboxylic acids is 3. The van der Waals surface area contributed by atoms with E-state index >= 15 is 0 Å². The van der Waals surface area contributed by atoms with E-state index < -0.39 is 29.0 Å². The molecule has 1 unspecified atom stereocenters. The van der Waals surface area contributed by atoms with Gasteiger partial charge >= 0.3 is 0 Å². The van der Waals surface area contributed by atoms with Crippen LogP contribution in [0.3, 0.4) is 0 Å². The first-order valence-electron chi connectivity index (χ1n) is 12.0. The van der Waals surface area contributed by atoms with E-state index in [1.807, 2.05) is 0 Å². The van der Waals surface area contributed by atoms with Gasteiger partial charge in [0.05, 0.1) is 17.7 Å². The Balaban J connectivity index is 1.85. The average Bonchev–Trinajstić information content (AvgIpc) is 3.09.